The van der Waals surface area contributed by atoms with Gasteiger partial charge in [0.15, 0.2) is 0 Å². The van der Waals surface area contributed by atoms with E-state index in [1.165, 1.54) is 10.5 Å². The van der Waals surface area contributed by atoms with Gasteiger partial charge in [-0.25, -0.2) is 0 Å². The molecule has 0 aliphatic carbocycles. The summed E-state index contributed by atoms with van der Waals surface area (Å²) < 4.78 is 11.5. The zero-order chi connectivity index (χ0) is 17.0. The molecule has 0 unspecified atom stereocenters. The fraction of sp³-hybridized carbons (Fsp3) is 0.684. The number of quaternary nitrogens is 1. The molecule has 1 aromatic carbocycles. The van der Waals surface area contributed by atoms with Crippen LogP contribution in [-0.2, 0) is 10.2 Å². The summed E-state index contributed by atoms with van der Waals surface area (Å²) in [5.74, 6) is 0.816. The summed E-state index contributed by atoms with van der Waals surface area (Å²) in [6, 6.07) is 8.16. The standard InChI is InChI=1S/C19H31NO3/c1-14-10-20(11-15(2)23-14)12-17(21)13-22-18-8-6-16(7-9-18)19(3,4)5/h6-9,14-15,17,21H,10-13H2,1-5H3/p+1/t14-,15-,17+/m1/s1. The number of aliphatic hydroxyl groups is 1. The Morgan fingerprint density at radius 3 is 2.26 bits per heavy atom. The van der Waals surface area contributed by atoms with Crippen LogP contribution in [0, 0.1) is 0 Å². The van der Waals surface area contributed by atoms with Crippen LogP contribution >= 0.6 is 0 Å². The van der Waals surface area contributed by atoms with Crippen molar-refractivity contribution < 1.29 is 19.5 Å². The second-order valence-electron chi connectivity index (χ2n) is 7.86. The van der Waals surface area contributed by atoms with Gasteiger partial charge in [0.25, 0.3) is 0 Å². The molecule has 4 nitrogen and oxygen atoms in total. The molecule has 2 rings (SSSR count). The monoisotopic (exact) mass is 322 g/mol. The largest absolute Gasteiger partial charge is 0.491 e. The van der Waals surface area contributed by atoms with Crippen molar-refractivity contribution in [3.63, 3.8) is 0 Å². The molecule has 130 valence electrons. The predicted molar refractivity (Wildman–Crippen MR) is 92.2 cm³/mol. The van der Waals surface area contributed by atoms with Crippen molar-refractivity contribution in [3.05, 3.63) is 29.8 Å². The van der Waals surface area contributed by atoms with Gasteiger partial charge in [0.1, 0.15) is 50.3 Å². The van der Waals surface area contributed by atoms with Crippen LogP contribution in [0.5, 0.6) is 5.75 Å². The molecule has 1 fully saturated rings. The zero-order valence-corrected chi connectivity index (χ0v) is 15.1. The molecule has 0 aromatic heterocycles. The molecule has 1 heterocycles. The summed E-state index contributed by atoms with van der Waals surface area (Å²) in [5.41, 5.74) is 1.43. The van der Waals surface area contributed by atoms with Crippen LogP contribution < -0.4 is 9.64 Å². The molecule has 0 bridgehead atoms. The number of morpholine rings is 1. The van der Waals surface area contributed by atoms with E-state index >= 15 is 0 Å². The van der Waals surface area contributed by atoms with E-state index in [0.717, 1.165) is 18.8 Å². The zero-order valence-electron chi connectivity index (χ0n) is 15.1. The Labute approximate surface area is 140 Å². The van der Waals surface area contributed by atoms with Crippen molar-refractivity contribution in [2.45, 2.75) is 58.3 Å². The van der Waals surface area contributed by atoms with E-state index in [4.69, 9.17) is 9.47 Å². The van der Waals surface area contributed by atoms with E-state index in [9.17, 15) is 5.11 Å². The van der Waals surface area contributed by atoms with Crippen molar-refractivity contribution in [2.24, 2.45) is 0 Å². The summed E-state index contributed by atoms with van der Waals surface area (Å²) >= 11 is 0. The Balaban J connectivity index is 1.79. The molecule has 23 heavy (non-hydrogen) atoms. The number of ether oxygens (including phenoxy) is 2. The van der Waals surface area contributed by atoms with Crippen LogP contribution in [0.25, 0.3) is 0 Å². The highest BCUT2D eigenvalue weighted by Gasteiger charge is 2.27. The average molecular weight is 322 g/mol. The molecule has 0 saturated carbocycles. The number of hydrogen-bond donors (Lipinski definition) is 2. The third-order valence-corrected chi connectivity index (χ3v) is 4.30. The van der Waals surface area contributed by atoms with E-state index in [0.29, 0.717) is 13.2 Å². The maximum absolute atomic E-state index is 10.2. The molecule has 2 N–H and O–H groups in total. The van der Waals surface area contributed by atoms with Gasteiger partial charge in [-0.05, 0) is 37.0 Å². The molecule has 1 aliphatic rings. The van der Waals surface area contributed by atoms with Gasteiger partial charge in [0.05, 0.1) is 0 Å². The van der Waals surface area contributed by atoms with Crippen LogP contribution in [-0.4, -0.2) is 49.7 Å². The summed E-state index contributed by atoms with van der Waals surface area (Å²) in [6.45, 7) is 13.7. The second kappa shape index (κ2) is 7.65. The normalized spacial score (nSPS) is 26.8. The third kappa shape index (κ3) is 5.79. The van der Waals surface area contributed by atoms with E-state index in [2.05, 4.69) is 46.8 Å². The van der Waals surface area contributed by atoms with Crippen LogP contribution in [0.15, 0.2) is 24.3 Å². The molecule has 0 spiro atoms. The first-order chi connectivity index (χ1) is 10.7. The molecule has 3 atom stereocenters. The van der Waals surface area contributed by atoms with Gasteiger partial charge in [0.2, 0.25) is 0 Å². The third-order valence-electron chi connectivity index (χ3n) is 4.30. The lowest BCUT2D eigenvalue weighted by Gasteiger charge is -2.33. The number of hydrogen-bond acceptors (Lipinski definition) is 3. The average Bonchev–Trinajstić information content (AvgIpc) is 2.43. The summed E-state index contributed by atoms with van der Waals surface area (Å²) in [5, 5.41) is 10.2. The van der Waals surface area contributed by atoms with Gasteiger partial charge in [0, 0.05) is 0 Å². The highest BCUT2D eigenvalue weighted by molar-refractivity contribution is 5.31. The lowest BCUT2D eigenvalue weighted by Crippen LogP contribution is -3.16. The van der Waals surface area contributed by atoms with Gasteiger partial charge >= 0.3 is 0 Å². The van der Waals surface area contributed by atoms with Gasteiger partial charge in [-0.15, -0.1) is 0 Å². The molecule has 0 amide bonds. The molecular formula is C19H32NO3+. The van der Waals surface area contributed by atoms with E-state index in [-0.39, 0.29) is 17.6 Å². The van der Waals surface area contributed by atoms with Gasteiger partial charge < -0.3 is 19.5 Å². The Kier molecular flexibility index (Phi) is 6.06. The minimum atomic E-state index is -0.454. The molecule has 0 radical (unpaired) electrons. The lowest BCUT2D eigenvalue weighted by molar-refractivity contribution is -0.918. The van der Waals surface area contributed by atoms with Crippen LogP contribution in [0.4, 0.5) is 0 Å². The van der Waals surface area contributed by atoms with Crippen LogP contribution in [0.3, 0.4) is 0 Å². The number of benzene rings is 1. The first kappa shape index (κ1) is 18.2. The van der Waals surface area contributed by atoms with Gasteiger partial charge in [-0.2, -0.15) is 0 Å². The van der Waals surface area contributed by atoms with Crippen LogP contribution in [0.2, 0.25) is 0 Å². The van der Waals surface area contributed by atoms with Crippen LogP contribution in [0.1, 0.15) is 40.2 Å². The SMILES string of the molecule is C[C@@H]1C[NH+](C[C@H](O)COc2ccc(C(C)(C)C)cc2)C[C@@H](C)O1. The van der Waals surface area contributed by atoms with E-state index < -0.39 is 6.10 Å². The Morgan fingerprint density at radius 1 is 1.17 bits per heavy atom. The number of nitrogens with one attached hydrogen (secondary N) is 1. The molecular weight excluding hydrogens is 290 g/mol. The predicted octanol–water partition coefficient (Wildman–Crippen LogP) is 1.42. The topological polar surface area (TPSA) is 43.1 Å². The summed E-state index contributed by atoms with van der Waals surface area (Å²) in [7, 11) is 0. The number of aliphatic hydroxyl groups excluding tert-OH is 1. The van der Waals surface area contributed by atoms with Crippen molar-refractivity contribution in [2.75, 3.05) is 26.2 Å². The quantitative estimate of drug-likeness (QED) is 0.861. The minimum absolute atomic E-state index is 0.144. The van der Waals surface area contributed by atoms with E-state index in [1.54, 1.807) is 0 Å². The Hall–Kier alpha value is -1.10. The second-order valence-corrected chi connectivity index (χ2v) is 7.86. The van der Waals surface area contributed by atoms with Crippen molar-refractivity contribution in [3.8, 4) is 5.75 Å². The number of rotatable bonds is 5. The molecule has 1 aromatic rings. The van der Waals surface area contributed by atoms with E-state index in [1.807, 2.05) is 12.1 Å². The molecule has 1 aliphatic heterocycles. The van der Waals surface area contributed by atoms with Gasteiger partial charge in [-0.3, -0.25) is 0 Å². The van der Waals surface area contributed by atoms with Crippen molar-refractivity contribution in [1.29, 1.82) is 0 Å². The Morgan fingerprint density at radius 2 is 1.74 bits per heavy atom. The fourth-order valence-electron chi connectivity index (χ4n) is 3.19. The van der Waals surface area contributed by atoms with Crippen molar-refractivity contribution >= 4 is 0 Å². The molecule has 1 saturated heterocycles. The first-order valence-electron chi connectivity index (χ1n) is 8.64. The summed E-state index contributed by atoms with van der Waals surface area (Å²) in [6.07, 6.45) is 0.0587. The highest BCUT2D eigenvalue weighted by Crippen LogP contribution is 2.24. The maximum atomic E-state index is 10.2. The van der Waals surface area contributed by atoms with Crippen molar-refractivity contribution in [1.82, 2.24) is 0 Å². The maximum Gasteiger partial charge on any atom is 0.137 e. The lowest BCUT2D eigenvalue weighted by atomic mass is 9.87. The summed E-state index contributed by atoms with van der Waals surface area (Å²) in [4.78, 5) is 1.38. The highest BCUT2D eigenvalue weighted by atomic mass is 16.5. The smallest absolute Gasteiger partial charge is 0.137 e. The first-order valence-corrected chi connectivity index (χ1v) is 8.64. The fourth-order valence-corrected chi connectivity index (χ4v) is 3.19. The Bertz CT molecular complexity index is 470. The minimum Gasteiger partial charge on any atom is -0.491 e. The van der Waals surface area contributed by atoms with Gasteiger partial charge in [-0.1, -0.05) is 32.9 Å². The molecule has 4 heteroatoms.